The largest absolute Gasteiger partial charge is 0.322 e. The molecule has 2 heterocycles. The maximum atomic E-state index is 13.8. The lowest BCUT2D eigenvalue weighted by Crippen LogP contribution is -2.05. The van der Waals surface area contributed by atoms with E-state index in [1.807, 2.05) is 0 Å². The first-order valence-electron chi connectivity index (χ1n) is 5.98. The van der Waals surface area contributed by atoms with Crippen LogP contribution >= 0.6 is 11.6 Å². The molecular formula is C14H10ClF2N3. The molecule has 0 saturated carbocycles. The number of pyridine rings is 1. The van der Waals surface area contributed by atoms with Gasteiger partial charge in [0.05, 0.1) is 24.1 Å². The average molecular weight is 294 g/mol. The number of hydrogen-bond acceptors (Lipinski definition) is 2. The van der Waals surface area contributed by atoms with Crippen LogP contribution in [0.4, 0.5) is 8.78 Å². The van der Waals surface area contributed by atoms with Crippen molar-refractivity contribution < 1.29 is 8.78 Å². The van der Waals surface area contributed by atoms with E-state index in [2.05, 4.69) is 9.97 Å². The molecule has 0 aliphatic heterocycles. The van der Waals surface area contributed by atoms with Crippen LogP contribution in [0, 0.1) is 11.6 Å². The first-order valence-corrected chi connectivity index (χ1v) is 6.51. The van der Waals surface area contributed by atoms with Gasteiger partial charge in [0.15, 0.2) is 0 Å². The Balaban J connectivity index is 2.09. The third-order valence-electron chi connectivity index (χ3n) is 3.09. The second kappa shape index (κ2) is 5.17. The van der Waals surface area contributed by atoms with Crippen LogP contribution in [0.25, 0.3) is 11.0 Å². The first kappa shape index (κ1) is 13.0. The topological polar surface area (TPSA) is 30.7 Å². The number of fused-ring (bicyclic) bond motifs is 1. The zero-order valence-corrected chi connectivity index (χ0v) is 11.1. The van der Waals surface area contributed by atoms with Crippen molar-refractivity contribution in [3.63, 3.8) is 0 Å². The number of alkyl halides is 1. The predicted molar refractivity (Wildman–Crippen MR) is 72.5 cm³/mol. The quantitative estimate of drug-likeness (QED) is 0.692. The van der Waals surface area contributed by atoms with Crippen LogP contribution in [-0.4, -0.2) is 14.5 Å². The Morgan fingerprint density at radius 2 is 2.05 bits per heavy atom. The molecule has 0 radical (unpaired) electrons. The van der Waals surface area contributed by atoms with Gasteiger partial charge in [0.25, 0.3) is 0 Å². The molecular weight excluding hydrogens is 284 g/mol. The summed E-state index contributed by atoms with van der Waals surface area (Å²) in [4.78, 5) is 8.34. The molecule has 0 saturated heterocycles. The van der Waals surface area contributed by atoms with E-state index in [0.717, 1.165) is 11.6 Å². The molecule has 1 aromatic carbocycles. The van der Waals surface area contributed by atoms with Gasteiger partial charge in [0.1, 0.15) is 23.0 Å². The van der Waals surface area contributed by atoms with Gasteiger partial charge in [-0.1, -0.05) is 6.07 Å². The van der Waals surface area contributed by atoms with E-state index < -0.39 is 11.6 Å². The second-order valence-electron chi connectivity index (χ2n) is 4.35. The number of hydrogen-bond donors (Lipinski definition) is 0. The second-order valence-corrected chi connectivity index (χ2v) is 4.62. The summed E-state index contributed by atoms with van der Waals surface area (Å²) in [5.41, 5.74) is 1.90. The van der Waals surface area contributed by atoms with E-state index in [1.165, 1.54) is 12.1 Å². The van der Waals surface area contributed by atoms with Gasteiger partial charge in [0, 0.05) is 17.8 Å². The minimum atomic E-state index is -0.594. The molecule has 2 aromatic heterocycles. The van der Waals surface area contributed by atoms with Crippen LogP contribution in [0.5, 0.6) is 0 Å². The third kappa shape index (κ3) is 2.25. The van der Waals surface area contributed by atoms with Crippen LogP contribution in [0.3, 0.4) is 0 Å². The van der Waals surface area contributed by atoms with Crippen molar-refractivity contribution >= 4 is 22.6 Å². The first-order chi connectivity index (χ1) is 9.69. The minimum absolute atomic E-state index is 0.206. The Morgan fingerprint density at radius 1 is 1.20 bits per heavy atom. The predicted octanol–water partition coefficient (Wildman–Crippen LogP) is 3.50. The lowest BCUT2D eigenvalue weighted by molar-refractivity contribution is 0.566. The van der Waals surface area contributed by atoms with Crippen LogP contribution < -0.4 is 0 Å². The zero-order valence-electron chi connectivity index (χ0n) is 10.4. The van der Waals surface area contributed by atoms with E-state index in [1.54, 1.807) is 23.0 Å². The van der Waals surface area contributed by atoms with Gasteiger partial charge >= 0.3 is 0 Å². The third-order valence-corrected chi connectivity index (χ3v) is 3.33. The summed E-state index contributed by atoms with van der Waals surface area (Å²) < 4.78 is 28.5. The smallest absolute Gasteiger partial charge is 0.131 e. The summed E-state index contributed by atoms with van der Waals surface area (Å²) in [6, 6.07) is 5.32. The molecule has 0 N–H and O–H groups in total. The molecule has 3 rings (SSSR count). The minimum Gasteiger partial charge on any atom is -0.322 e. The summed E-state index contributed by atoms with van der Waals surface area (Å²) in [5, 5.41) is 0. The Labute approximate surface area is 118 Å². The molecule has 0 fully saturated rings. The Morgan fingerprint density at radius 3 is 2.80 bits per heavy atom. The average Bonchev–Trinajstić information content (AvgIpc) is 2.80. The maximum absolute atomic E-state index is 13.8. The van der Waals surface area contributed by atoms with Crippen molar-refractivity contribution in [2.24, 2.45) is 0 Å². The van der Waals surface area contributed by atoms with Gasteiger partial charge in [-0.3, -0.25) is 4.98 Å². The van der Waals surface area contributed by atoms with Gasteiger partial charge in [-0.2, -0.15) is 0 Å². The molecule has 3 aromatic rings. The lowest BCUT2D eigenvalue weighted by Gasteiger charge is -2.08. The van der Waals surface area contributed by atoms with Crippen LogP contribution in [0.1, 0.15) is 11.4 Å². The van der Waals surface area contributed by atoms with E-state index in [4.69, 9.17) is 11.6 Å². The van der Waals surface area contributed by atoms with Gasteiger partial charge < -0.3 is 4.57 Å². The molecule has 0 amide bonds. The maximum Gasteiger partial charge on any atom is 0.131 e. The standard InChI is InChI=1S/C14H10ClF2N3/c15-6-14-19-12-7-18-4-3-13(12)20(14)8-9-1-2-10(16)5-11(9)17/h1-5,7H,6,8H2. The SMILES string of the molecule is Fc1ccc(Cn2c(CCl)nc3cnccc32)c(F)c1. The molecule has 0 aliphatic carbocycles. The number of rotatable bonds is 3. The van der Waals surface area contributed by atoms with Crippen molar-refractivity contribution in [2.45, 2.75) is 12.4 Å². The van der Waals surface area contributed by atoms with Crippen LogP contribution in [0.15, 0.2) is 36.7 Å². The van der Waals surface area contributed by atoms with Crippen LogP contribution in [-0.2, 0) is 12.4 Å². The summed E-state index contributed by atoms with van der Waals surface area (Å²) in [7, 11) is 0. The fourth-order valence-corrected chi connectivity index (χ4v) is 2.33. The van der Waals surface area contributed by atoms with Gasteiger partial charge in [0.2, 0.25) is 0 Å². The molecule has 6 heteroatoms. The summed E-state index contributed by atoms with van der Waals surface area (Å²) in [6.07, 6.45) is 3.27. The van der Waals surface area contributed by atoms with Crippen LogP contribution in [0.2, 0.25) is 0 Å². The number of aromatic nitrogens is 3. The van der Waals surface area contributed by atoms with Crippen molar-refractivity contribution in [3.05, 3.63) is 59.7 Å². The highest BCUT2D eigenvalue weighted by atomic mass is 35.5. The lowest BCUT2D eigenvalue weighted by atomic mass is 10.2. The molecule has 0 bridgehead atoms. The summed E-state index contributed by atoms with van der Waals surface area (Å²) in [5.74, 6) is -0.347. The van der Waals surface area contributed by atoms with Gasteiger partial charge in [-0.05, 0) is 12.1 Å². The highest BCUT2D eigenvalue weighted by Gasteiger charge is 2.12. The molecule has 0 atom stereocenters. The van der Waals surface area contributed by atoms with Crippen molar-refractivity contribution in [1.29, 1.82) is 0 Å². The van der Waals surface area contributed by atoms with E-state index in [9.17, 15) is 8.78 Å². The monoisotopic (exact) mass is 293 g/mol. The fourth-order valence-electron chi connectivity index (χ4n) is 2.13. The molecule has 20 heavy (non-hydrogen) atoms. The van der Waals surface area contributed by atoms with Gasteiger partial charge in [-0.15, -0.1) is 11.6 Å². The normalized spacial score (nSPS) is 11.2. The summed E-state index contributed by atoms with van der Waals surface area (Å²) >= 11 is 5.88. The number of imidazole rings is 1. The van der Waals surface area contributed by atoms with Crippen molar-refractivity contribution in [1.82, 2.24) is 14.5 Å². The number of benzene rings is 1. The highest BCUT2D eigenvalue weighted by molar-refractivity contribution is 6.16. The van der Waals surface area contributed by atoms with Gasteiger partial charge in [-0.25, -0.2) is 13.8 Å². The number of halogens is 3. The zero-order chi connectivity index (χ0) is 14.1. The van der Waals surface area contributed by atoms with Crippen molar-refractivity contribution in [2.75, 3.05) is 0 Å². The van der Waals surface area contributed by atoms with E-state index in [-0.39, 0.29) is 12.4 Å². The number of nitrogens with zero attached hydrogens (tertiary/aromatic N) is 3. The van der Waals surface area contributed by atoms with Crippen molar-refractivity contribution in [3.8, 4) is 0 Å². The highest BCUT2D eigenvalue weighted by Crippen LogP contribution is 2.19. The molecule has 0 aliphatic rings. The molecule has 0 spiro atoms. The van der Waals surface area contributed by atoms with E-state index >= 15 is 0 Å². The Hall–Kier alpha value is -2.01. The molecule has 3 nitrogen and oxygen atoms in total. The Bertz CT molecular complexity index is 770. The Kier molecular flexibility index (Phi) is 3.36. The van der Waals surface area contributed by atoms with E-state index in [0.29, 0.717) is 16.9 Å². The fraction of sp³-hybridized carbons (Fsp3) is 0.143. The molecule has 0 unspecified atom stereocenters. The summed E-state index contributed by atoms with van der Waals surface area (Å²) in [6.45, 7) is 0.245. The molecule has 102 valence electrons.